The molecule has 3 heterocycles. The van der Waals surface area contributed by atoms with Crippen LogP contribution in [0.5, 0.6) is 0 Å². The largest absolute Gasteiger partial charge is 0.322 e. The van der Waals surface area contributed by atoms with Crippen molar-refractivity contribution in [2.24, 2.45) is 4.99 Å². The SMILES string of the molecule is Cc1cc2c3c(c1)C(c1ccccc1)=NC(NC(=O)c1ccncc1)C(=O)N3CC2. The second kappa shape index (κ2) is 7.22. The number of carbonyl (C=O) groups is 2. The van der Waals surface area contributed by atoms with Crippen LogP contribution in [0.4, 0.5) is 5.69 Å². The number of aliphatic imine (C=N–C) groups is 1. The van der Waals surface area contributed by atoms with Crippen LogP contribution < -0.4 is 10.2 Å². The first-order valence-corrected chi connectivity index (χ1v) is 9.91. The first kappa shape index (κ1) is 18.2. The van der Waals surface area contributed by atoms with Crippen molar-refractivity contribution in [1.29, 1.82) is 0 Å². The molecule has 0 bridgehead atoms. The summed E-state index contributed by atoms with van der Waals surface area (Å²) in [6, 6.07) is 17.2. The minimum atomic E-state index is -1.00. The molecular weight excluding hydrogens is 376 g/mol. The van der Waals surface area contributed by atoms with Gasteiger partial charge in [-0.2, -0.15) is 0 Å². The lowest BCUT2D eigenvalue weighted by Crippen LogP contribution is -2.46. The summed E-state index contributed by atoms with van der Waals surface area (Å²) in [5, 5.41) is 2.82. The third-order valence-electron chi connectivity index (χ3n) is 5.48. The standard InChI is InChI=1S/C24H20N4O2/c1-15-13-18-9-12-28-21(18)19(14-15)20(16-5-3-2-4-6-16)26-22(24(28)30)27-23(29)17-7-10-25-11-8-17/h2-8,10-11,13-14,22H,9,12H2,1H3,(H,27,29). The van der Waals surface area contributed by atoms with Gasteiger partial charge in [-0.1, -0.05) is 42.0 Å². The first-order chi connectivity index (χ1) is 14.6. The molecule has 148 valence electrons. The van der Waals surface area contributed by atoms with E-state index in [1.54, 1.807) is 29.4 Å². The molecule has 0 spiro atoms. The normalized spacial score (nSPS) is 17.2. The second-order valence-electron chi connectivity index (χ2n) is 7.52. The summed E-state index contributed by atoms with van der Waals surface area (Å²) in [5.74, 6) is -0.569. The fourth-order valence-corrected chi connectivity index (χ4v) is 4.14. The van der Waals surface area contributed by atoms with Crippen LogP contribution in [0.3, 0.4) is 0 Å². The number of hydrogen-bond acceptors (Lipinski definition) is 4. The van der Waals surface area contributed by atoms with Gasteiger partial charge in [-0.05, 0) is 37.1 Å². The number of rotatable bonds is 3. The quantitative estimate of drug-likeness (QED) is 0.740. The Morgan fingerprint density at radius 1 is 1.10 bits per heavy atom. The van der Waals surface area contributed by atoms with Crippen molar-refractivity contribution in [3.8, 4) is 0 Å². The Kier molecular flexibility index (Phi) is 4.39. The van der Waals surface area contributed by atoms with Gasteiger partial charge in [0.2, 0.25) is 6.17 Å². The van der Waals surface area contributed by atoms with Crippen LogP contribution in [0, 0.1) is 6.92 Å². The molecule has 2 aromatic carbocycles. The molecule has 0 radical (unpaired) electrons. The van der Waals surface area contributed by atoms with Crippen molar-refractivity contribution in [1.82, 2.24) is 10.3 Å². The van der Waals surface area contributed by atoms with Crippen LogP contribution in [0.1, 0.15) is 32.6 Å². The Hall–Kier alpha value is -3.80. The van der Waals surface area contributed by atoms with Gasteiger partial charge >= 0.3 is 0 Å². The van der Waals surface area contributed by atoms with Gasteiger partial charge in [0.15, 0.2) is 0 Å². The fraction of sp³-hybridized carbons (Fsp3) is 0.167. The van der Waals surface area contributed by atoms with Crippen LogP contribution in [-0.2, 0) is 11.2 Å². The minimum Gasteiger partial charge on any atom is -0.322 e. The number of carbonyl (C=O) groups excluding carboxylic acids is 2. The summed E-state index contributed by atoms with van der Waals surface area (Å²) in [6.07, 6.45) is 2.89. The van der Waals surface area contributed by atoms with E-state index in [9.17, 15) is 9.59 Å². The topological polar surface area (TPSA) is 74.7 Å². The molecule has 2 aliphatic rings. The van der Waals surface area contributed by atoms with E-state index in [2.05, 4.69) is 29.4 Å². The molecule has 1 unspecified atom stereocenters. The Bertz CT molecular complexity index is 1170. The molecule has 2 aliphatic heterocycles. The summed E-state index contributed by atoms with van der Waals surface area (Å²) >= 11 is 0. The summed E-state index contributed by atoms with van der Waals surface area (Å²) in [4.78, 5) is 36.6. The van der Waals surface area contributed by atoms with E-state index in [0.29, 0.717) is 17.8 Å². The molecule has 6 heteroatoms. The van der Waals surface area contributed by atoms with Gasteiger partial charge in [0.05, 0.1) is 11.4 Å². The molecule has 6 nitrogen and oxygen atoms in total. The highest BCUT2D eigenvalue weighted by Crippen LogP contribution is 2.37. The second-order valence-corrected chi connectivity index (χ2v) is 7.52. The Morgan fingerprint density at radius 2 is 1.87 bits per heavy atom. The van der Waals surface area contributed by atoms with Crippen molar-refractivity contribution in [2.45, 2.75) is 19.5 Å². The zero-order chi connectivity index (χ0) is 20.7. The van der Waals surface area contributed by atoms with Crippen LogP contribution >= 0.6 is 0 Å². The maximum atomic E-state index is 13.4. The fourth-order valence-electron chi connectivity index (χ4n) is 4.14. The van der Waals surface area contributed by atoms with Crippen LogP contribution in [-0.4, -0.2) is 35.2 Å². The molecule has 2 amide bonds. The summed E-state index contributed by atoms with van der Waals surface area (Å²) in [7, 11) is 0. The van der Waals surface area contributed by atoms with Gasteiger partial charge in [0.25, 0.3) is 11.8 Å². The number of nitrogens with one attached hydrogen (secondary N) is 1. The van der Waals surface area contributed by atoms with Gasteiger partial charge < -0.3 is 10.2 Å². The average molecular weight is 396 g/mol. The lowest BCUT2D eigenvalue weighted by Gasteiger charge is -2.21. The molecule has 1 aromatic heterocycles. The van der Waals surface area contributed by atoms with Gasteiger partial charge in [0, 0.05) is 35.6 Å². The number of amides is 2. The average Bonchev–Trinajstić information content (AvgIpc) is 3.16. The molecular formula is C24H20N4O2. The molecule has 1 atom stereocenters. The number of anilines is 1. The maximum absolute atomic E-state index is 13.4. The van der Waals surface area contributed by atoms with Crippen molar-refractivity contribution in [3.63, 3.8) is 0 Å². The van der Waals surface area contributed by atoms with Crippen molar-refractivity contribution < 1.29 is 9.59 Å². The smallest absolute Gasteiger partial charge is 0.272 e. The maximum Gasteiger partial charge on any atom is 0.272 e. The van der Waals surface area contributed by atoms with Gasteiger partial charge in [0.1, 0.15) is 0 Å². The number of benzene rings is 2. The van der Waals surface area contributed by atoms with Crippen LogP contribution in [0.25, 0.3) is 0 Å². The van der Waals surface area contributed by atoms with Gasteiger partial charge in [-0.3, -0.25) is 14.6 Å². The monoisotopic (exact) mass is 396 g/mol. The summed E-state index contributed by atoms with van der Waals surface area (Å²) in [5.41, 5.74) is 6.18. The number of nitrogens with zero attached hydrogens (tertiary/aromatic N) is 3. The number of hydrogen-bond donors (Lipinski definition) is 1. The van der Waals surface area contributed by atoms with Crippen molar-refractivity contribution >= 4 is 23.2 Å². The highest BCUT2D eigenvalue weighted by molar-refractivity contribution is 6.21. The first-order valence-electron chi connectivity index (χ1n) is 9.91. The highest BCUT2D eigenvalue weighted by Gasteiger charge is 2.37. The van der Waals surface area contributed by atoms with E-state index in [1.165, 1.54) is 0 Å². The third-order valence-corrected chi connectivity index (χ3v) is 5.48. The molecule has 5 rings (SSSR count). The highest BCUT2D eigenvalue weighted by atomic mass is 16.2. The van der Waals surface area contributed by atoms with E-state index in [1.807, 2.05) is 30.3 Å². The molecule has 3 aromatic rings. The van der Waals surface area contributed by atoms with E-state index in [4.69, 9.17) is 4.99 Å². The van der Waals surface area contributed by atoms with E-state index < -0.39 is 6.17 Å². The van der Waals surface area contributed by atoms with Gasteiger partial charge in [-0.15, -0.1) is 0 Å². The Balaban J connectivity index is 1.64. The van der Waals surface area contributed by atoms with Crippen LogP contribution in [0.15, 0.2) is 72.0 Å². The number of aromatic nitrogens is 1. The van der Waals surface area contributed by atoms with Crippen molar-refractivity contribution in [2.75, 3.05) is 11.4 Å². The van der Waals surface area contributed by atoms with Gasteiger partial charge in [-0.25, -0.2) is 4.99 Å². The summed E-state index contributed by atoms with van der Waals surface area (Å²) in [6.45, 7) is 2.64. The summed E-state index contributed by atoms with van der Waals surface area (Å²) < 4.78 is 0. The van der Waals surface area contributed by atoms with E-state index in [-0.39, 0.29) is 11.8 Å². The predicted octanol–water partition coefficient (Wildman–Crippen LogP) is 2.89. The van der Waals surface area contributed by atoms with E-state index in [0.717, 1.165) is 34.4 Å². The van der Waals surface area contributed by atoms with Crippen molar-refractivity contribution in [3.05, 3.63) is 94.8 Å². The lowest BCUT2D eigenvalue weighted by atomic mass is 9.96. The molecule has 0 saturated heterocycles. The van der Waals surface area contributed by atoms with E-state index >= 15 is 0 Å². The minimum absolute atomic E-state index is 0.216. The molecule has 0 aliphatic carbocycles. The zero-order valence-electron chi connectivity index (χ0n) is 16.5. The molecule has 0 fully saturated rings. The third kappa shape index (κ3) is 3.06. The Labute approximate surface area is 174 Å². The molecule has 1 N–H and O–H groups in total. The molecule has 30 heavy (non-hydrogen) atoms. The van der Waals surface area contributed by atoms with Crippen LogP contribution in [0.2, 0.25) is 0 Å². The zero-order valence-corrected chi connectivity index (χ0v) is 16.5. The number of aryl methyl sites for hydroxylation is 1. The predicted molar refractivity (Wildman–Crippen MR) is 115 cm³/mol. The Morgan fingerprint density at radius 3 is 2.63 bits per heavy atom. The molecule has 0 saturated carbocycles. The lowest BCUT2D eigenvalue weighted by molar-refractivity contribution is -0.120. The number of pyridine rings is 1.